The molecule has 3 rings (SSSR count). The summed E-state index contributed by atoms with van der Waals surface area (Å²) in [5.41, 5.74) is 1.02. The summed E-state index contributed by atoms with van der Waals surface area (Å²) in [4.78, 5) is 24.0. The molecule has 0 saturated carbocycles. The van der Waals surface area contributed by atoms with Gasteiger partial charge in [-0.1, -0.05) is 6.92 Å². The van der Waals surface area contributed by atoms with Crippen molar-refractivity contribution in [3.63, 3.8) is 0 Å². The minimum Gasteiger partial charge on any atom is -0.497 e. The molecule has 0 N–H and O–H groups in total. The number of methoxy groups -OCH3 is 1. The van der Waals surface area contributed by atoms with Crippen LogP contribution in [0.2, 0.25) is 0 Å². The first-order chi connectivity index (χ1) is 12.1. The van der Waals surface area contributed by atoms with Crippen LogP contribution < -0.4 is 14.9 Å². The van der Waals surface area contributed by atoms with Crippen molar-refractivity contribution in [3.05, 3.63) is 58.8 Å². The van der Waals surface area contributed by atoms with E-state index in [0.717, 1.165) is 11.3 Å². The van der Waals surface area contributed by atoms with Gasteiger partial charge in [-0.3, -0.25) is 9.59 Å². The van der Waals surface area contributed by atoms with Crippen LogP contribution in [0.15, 0.2) is 57.7 Å². The zero-order valence-electron chi connectivity index (χ0n) is 14.1. The molecule has 1 heterocycles. The first-order valence-corrected chi connectivity index (χ1v) is 8.03. The van der Waals surface area contributed by atoms with Crippen LogP contribution in [0.1, 0.15) is 19.8 Å². The van der Waals surface area contributed by atoms with E-state index in [-0.39, 0.29) is 11.4 Å². The monoisotopic (exact) mass is 338 g/mol. The van der Waals surface area contributed by atoms with Gasteiger partial charge in [0.15, 0.2) is 5.43 Å². The highest BCUT2D eigenvalue weighted by Gasteiger charge is 2.10. The van der Waals surface area contributed by atoms with Crippen LogP contribution in [0, 0.1) is 0 Å². The molecular formula is C20H18O5. The van der Waals surface area contributed by atoms with Crippen LogP contribution in [0.25, 0.3) is 22.3 Å². The summed E-state index contributed by atoms with van der Waals surface area (Å²) in [5, 5.41) is 0.374. The normalized spacial score (nSPS) is 10.6. The van der Waals surface area contributed by atoms with Gasteiger partial charge >= 0.3 is 5.97 Å². The molecule has 0 aliphatic carbocycles. The van der Waals surface area contributed by atoms with Gasteiger partial charge in [-0.05, 0) is 48.9 Å². The topological polar surface area (TPSA) is 65.7 Å². The third-order valence-electron chi connectivity index (χ3n) is 3.76. The maximum atomic E-state index is 12.4. The lowest BCUT2D eigenvalue weighted by molar-refractivity contribution is -0.134. The molecule has 0 unspecified atom stereocenters. The smallest absolute Gasteiger partial charge is 0.311 e. The molecule has 0 amide bonds. The molecule has 25 heavy (non-hydrogen) atoms. The number of rotatable bonds is 5. The second kappa shape index (κ2) is 7.21. The van der Waals surface area contributed by atoms with E-state index in [1.54, 1.807) is 31.4 Å². The SMILES string of the molecule is CCCC(=O)Oc1ccc2oc(-c3ccc(OC)cc3)cc(=O)c2c1. The molecule has 0 atom stereocenters. The molecular weight excluding hydrogens is 320 g/mol. The number of carbonyl (C=O) groups excluding carboxylic acids is 1. The largest absolute Gasteiger partial charge is 0.497 e. The summed E-state index contributed by atoms with van der Waals surface area (Å²) in [6.07, 6.45) is 1.04. The Bertz CT molecular complexity index is 954. The van der Waals surface area contributed by atoms with Crippen molar-refractivity contribution < 1.29 is 18.7 Å². The second-order valence-electron chi connectivity index (χ2n) is 5.59. The van der Waals surface area contributed by atoms with E-state index in [2.05, 4.69) is 0 Å². The van der Waals surface area contributed by atoms with E-state index in [0.29, 0.717) is 35.3 Å². The molecule has 5 nitrogen and oxygen atoms in total. The number of benzene rings is 2. The number of hydrogen-bond donors (Lipinski definition) is 0. The molecule has 5 heteroatoms. The summed E-state index contributed by atoms with van der Waals surface area (Å²) in [6.45, 7) is 1.90. The number of fused-ring (bicyclic) bond motifs is 1. The Morgan fingerprint density at radius 1 is 1.04 bits per heavy atom. The first-order valence-electron chi connectivity index (χ1n) is 8.03. The van der Waals surface area contributed by atoms with E-state index >= 15 is 0 Å². The fourth-order valence-corrected chi connectivity index (χ4v) is 2.48. The van der Waals surface area contributed by atoms with Crippen molar-refractivity contribution in [2.75, 3.05) is 7.11 Å². The van der Waals surface area contributed by atoms with Gasteiger partial charge in [0, 0.05) is 18.1 Å². The van der Waals surface area contributed by atoms with Crippen molar-refractivity contribution in [3.8, 4) is 22.8 Å². The maximum Gasteiger partial charge on any atom is 0.311 e. The Morgan fingerprint density at radius 2 is 1.76 bits per heavy atom. The molecule has 0 fully saturated rings. The maximum absolute atomic E-state index is 12.4. The van der Waals surface area contributed by atoms with Crippen molar-refractivity contribution in [1.29, 1.82) is 0 Å². The predicted molar refractivity (Wildman–Crippen MR) is 95.0 cm³/mol. The van der Waals surface area contributed by atoms with Gasteiger partial charge in [0.1, 0.15) is 22.8 Å². The molecule has 0 radical (unpaired) electrons. The number of esters is 1. The number of ether oxygens (including phenoxy) is 2. The lowest BCUT2D eigenvalue weighted by atomic mass is 10.1. The quantitative estimate of drug-likeness (QED) is 0.516. The van der Waals surface area contributed by atoms with Gasteiger partial charge in [-0.25, -0.2) is 0 Å². The van der Waals surface area contributed by atoms with Crippen LogP contribution in [-0.2, 0) is 4.79 Å². The summed E-state index contributed by atoms with van der Waals surface area (Å²) >= 11 is 0. The third-order valence-corrected chi connectivity index (χ3v) is 3.76. The lowest BCUT2D eigenvalue weighted by Crippen LogP contribution is -2.07. The summed E-state index contributed by atoms with van der Waals surface area (Å²) in [7, 11) is 1.59. The Kier molecular flexibility index (Phi) is 4.84. The van der Waals surface area contributed by atoms with Gasteiger partial charge < -0.3 is 13.9 Å². The van der Waals surface area contributed by atoms with Crippen LogP contribution in [0.4, 0.5) is 0 Å². The third kappa shape index (κ3) is 3.71. The van der Waals surface area contributed by atoms with Crippen LogP contribution >= 0.6 is 0 Å². The van der Waals surface area contributed by atoms with E-state index in [1.165, 1.54) is 12.1 Å². The molecule has 0 bridgehead atoms. The number of hydrogen-bond acceptors (Lipinski definition) is 5. The fraction of sp³-hybridized carbons (Fsp3) is 0.200. The zero-order valence-corrected chi connectivity index (χ0v) is 14.1. The van der Waals surface area contributed by atoms with Gasteiger partial charge in [0.25, 0.3) is 0 Å². The molecule has 1 aromatic heterocycles. The zero-order chi connectivity index (χ0) is 17.8. The Hall–Kier alpha value is -3.08. The summed E-state index contributed by atoms with van der Waals surface area (Å²) < 4.78 is 16.2. The van der Waals surface area contributed by atoms with Crippen LogP contribution in [0.5, 0.6) is 11.5 Å². The average molecular weight is 338 g/mol. The van der Waals surface area contributed by atoms with Crippen molar-refractivity contribution in [2.45, 2.75) is 19.8 Å². The van der Waals surface area contributed by atoms with Crippen molar-refractivity contribution in [1.82, 2.24) is 0 Å². The highest BCUT2D eigenvalue weighted by atomic mass is 16.5. The average Bonchev–Trinajstić information content (AvgIpc) is 2.62. The molecule has 128 valence electrons. The molecule has 3 aromatic rings. The Labute approximate surface area is 144 Å². The standard InChI is InChI=1S/C20H18O5/c1-3-4-20(22)24-15-9-10-18-16(11-15)17(21)12-19(25-18)13-5-7-14(23-2)8-6-13/h5-12H,3-4H2,1-2H3. The van der Waals surface area contributed by atoms with Crippen LogP contribution in [-0.4, -0.2) is 13.1 Å². The summed E-state index contributed by atoms with van der Waals surface area (Å²) in [6, 6.07) is 13.5. The van der Waals surface area contributed by atoms with E-state index < -0.39 is 0 Å². The predicted octanol–water partition coefficient (Wildman–Crippen LogP) is 4.17. The summed E-state index contributed by atoms with van der Waals surface area (Å²) in [5.74, 6) is 1.22. The van der Waals surface area contributed by atoms with E-state index in [9.17, 15) is 9.59 Å². The minimum atomic E-state index is -0.318. The van der Waals surface area contributed by atoms with Crippen molar-refractivity contribution in [2.24, 2.45) is 0 Å². The van der Waals surface area contributed by atoms with Gasteiger partial charge in [-0.2, -0.15) is 0 Å². The van der Waals surface area contributed by atoms with Gasteiger partial charge in [-0.15, -0.1) is 0 Å². The molecule has 0 saturated heterocycles. The van der Waals surface area contributed by atoms with Crippen LogP contribution in [0.3, 0.4) is 0 Å². The highest BCUT2D eigenvalue weighted by molar-refractivity contribution is 5.81. The molecule has 0 aliphatic rings. The van der Waals surface area contributed by atoms with Gasteiger partial charge in [0.05, 0.1) is 12.5 Å². The van der Waals surface area contributed by atoms with Gasteiger partial charge in [0.2, 0.25) is 0 Å². The van der Waals surface area contributed by atoms with Crippen molar-refractivity contribution >= 4 is 16.9 Å². The number of carbonyl (C=O) groups is 1. The van der Waals surface area contributed by atoms with E-state index in [1.807, 2.05) is 19.1 Å². The highest BCUT2D eigenvalue weighted by Crippen LogP contribution is 2.26. The molecule has 0 aliphatic heterocycles. The Morgan fingerprint density at radius 3 is 2.44 bits per heavy atom. The lowest BCUT2D eigenvalue weighted by Gasteiger charge is -2.07. The fourth-order valence-electron chi connectivity index (χ4n) is 2.48. The molecule has 2 aromatic carbocycles. The minimum absolute atomic E-state index is 0.194. The second-order valence-corrected chi connectivity index (χ2v) is 5.59. The Balaban J connectivity index is 1.96. The van der Waals surface area contributed by atoms with E-state index in [4.69, 9.17) is 13.9 Å². The first kappa shape index (κ1) is 16.8. The molecule has 0 spiro atoms.